The van der Waals surface area contributed by atoms with E-state index in [0.29, 0.717) is 43.3 Å². The van der Waals surface area contributed by atoms with Crippen molar-refractivity contribution in [2.45, 2.75) is 52.9 Å². The number of carbonyl (C=O) groups excluding carboxylic acids is 3. The van der Waals surface area contributed by atoms with E-state index in [4.69, 9.17) is 4.74 Å². The summed E-state index contributed by atoms with van der Waals surface area (Å²) in [5, 5.41) is 0. The first-order chi connectivity index (χ1) is 14.8. The molecule has 2 aromatic rings. The number of benzene rings is 1. The van der Waals surface area contributed by atoms with Crippen LogP contribution >= 0.6 is 0 Å². The molecule has 1 aromatic carbocycles. The van der Waals surface area contributed by atoms with E-state index >= 15 is 0 Å². The third-order valence-electron chi connectivity index (χ3n) is 6.32. The molecule has 1 aliphatic rings. The Kier molecular flexibility index (Phi) is 7.31. The van der Waals surface area contributed by atoms with Gasteiger partial charge in [0.2, 0.25) is 0 Å². The summed E-state index contributed by atoms with van der Waals surface area (Å²) in [6.07, 6.45) is 2.00. The Hall–Kier alpha value is -2.89. The van der Waals surface area contributed by atoms with Crippen molar-refractivity contribution in [3.8, 4) is 0 Å². The van der Waals surface area contributed by atoms with Gasteiger partial charge >= 0.3 is 5.97 Å². The van der Waals surface area contributed by atoms with Crippen molar-refractivity contribution in [2.75, 3.05) is 19.7 Å². The van der Waals surface area contributed by atoms with Gasteiger partial charge in [0.1, 0.15) is 5.69 Å². The van der Waals surface area contributed by atoms with Crippen LogP contribution in [0.2, 0.25) is 0 Å². The predicted molar refractivity (Wildman–Crippen MR) is 119 cm³/mol. The van der Waals surface area contributed by atoms with E-state index in [9.17, 15) is 14.4 Å². The first kappa shape index (κ1) is 22.8. The Balaban J connectivity index is 1.72. The van der Waals surface area contributed by atoms with Gasteiger partial charge in [0.05, 0.1) is 13.0 Å². The molecule has 1 amide bonds. The minimum Gasteiger partial charge on any atom is -0.466 e. The molecule has 0 spiro atoms. The summed E-state index contributed by atoms with van der Waals surface area (Å²) >= 11 is 0. The summed E-state index contributed by atoms with van der Waals surface area (Å²) in [6.45, 7) is 8.63. The second-order valence-corrected chi connectivity index (χ2v) is 8.34. The van der Waals surface area contributed by atoms with Crippen molar-refractivity contribution in [3.05, 3.63) is 58.4 Å². The molecular weight excluding hydrogens is 392 g/mol. The Morgan fingerprint density at radius 1 is 1.13 bits per heavy atom. The van der Waals surface area contributed by atoms with Gasteiger partial charge in [0.15, 0.2) is 5.78 Å². The number of nitrogens with zero attached hydrogens (tertiary/aromatic N) is 1. The predicted octanol–water partition coefficient (Wildman–Crippen LogP) is 4.42. The van der Waals surface area contributed by atoms with E-state index in [2.05, 4.69) is 17.1 Å². The van der Waals surface area contributed by atoms with E-state index in [-0.39, 0.29) is 23.6 Å². The molecule has 31 heavy (non-hydrogen) atoms. The molecule has 0 saturated carbocycles. The fourth-order valence-electron chi connectivity index (χ4n) is 4.81. The number of ketones is 1. The fraction of sp³-hybridized carbons (Fsp3) is 0.480. The number of H-pyrrole nitrogens is 1. The number of amides is 1. The largest absolute Gasteiger partial charge is 0.466 e. The number of ether oxygens (including phenoxy) is 1. The summed E-state index contributed by atoms with van der Waals surface area (Å²) in [4.78, 5) is 42.2. The minimum absolute atomic E-state index is 0.0336. The van der Waals surface area contributed by atoms with Gasteiger partial charge in [-0.05, 0) is 63.5 Å². The lowest BCUT2D eigenvalue weighted by molar-refractivity contribution is -0.144. The number of esters is 1. The van der Waals surface area contributed by atoms with E-state index in [0.717, 1.165) is 29.7 Å². The highest BCUT2D eigenvalue weighted by atomic mass is 16.5. The number of aromatic amines is 1. The fourth-order valence-corrected chi connectivity index (χ4v) is 4.81. The molecule has 1 aliphatic heterocycles. The summed E-state index contributed by atoms with van der Waals surface area (Å²) in [5.41, 5.74) is 3.72. The number of aryl methyl sites for hydroxylation is 1. The Bertz CT molecular complexity index is 940. The second kappa shape index (κ2) is 9.94. The van der Waals surface area contributed by atoms with Gasteiger partial charge in [-0.15, -0.1) is 0 Å². The molecule has 1 fully saturated rings. The van der Waals surface area contributed by atoms with E-state index < -0.39 is 0 Å². The van der Waals surface area contributed by atoms with E-state index in [1.165, 1.54) is 6.92 Å². The molecule has 6 heteroatoms. The SMILES string of the molecule is CCOC(=O)C[C@@H](c1ccccc1)C1CCN(C(=O)c2[nH]c(C)c(C(C)=O)c2C)CC1. The highest BCUT2D eigenvalue weighted by Gasteiger charge is 2.32. The molecule has 0 radical (unpaired) electrons. The average molecular weight is 425 g/mol. The van der Waals surface area contributed by atoms with E-state index in [1.54, 1.807) is 0 Å². The van der Waals surface area contributed by atoms with Crippen LogP contribution in [0.3, 0.4) is 0 Å². The van der Waals surface area contributed by atoms with Crippen molar-refractivity contribution in [2.24, 2.45) is 5.92 Å². The maximum atomic E-state index is 13.1. The van der Waals surface area contributed by atoms with Crippen LogP contribution in [0, 0.1) is 19.8 Å². The van der Waals surface area contributed by atoms with Crippen LogP contribution in [0.15, 0.2) is 30.3 Å². The van der Waals surface area contributed by atoms with Crippen LogP contribution in [0.1, 0.15) is 76.7 Å². The summed E-state index contributed by atoms with van der Waals surface area (Å²) in [7, 11) is 0. The van der Waals surface area contributed by atoms with Crippen molar-refractivity contribution < 1.29 is 19.1 Å². The number of piperidine rings is 1. The van der Waals surface area contributed by atoms with Crippen molar-refractivity contribution in [1.29, 1.82) is 0 Å². The summed E-state index contributed by atoms with van der Waals surface area (Å²) in [6, 6.07) is 10.1. The van der Waals surface area contributed by atoms with Gasteiger partial charge in [0, 0.05) is 24.3 Å². The number of hydrogen-bond donors (Lipinski definition) is 1. The van der Waals surface area contributed by atoms with Gasteiger partial charge in [0.25, 0.3) is 5.91 Å². The first-order valence-corrected chi connectivity index (χ1v) is 11.0. The zero-order chi connectivity index (χ0) is 22.5. The number of aromatic nitrogens is 1. The van der Waals surface area contributed by atoms with Gasteiger partial charge in [-0.1, -0.05) is 30.3 Å². The average Bonchev–Trinajstić information content (AvgIpc) is 3.06. The highest BCUT2D eigenvalue weighted by molar-refractivity contribution is 6.02. The van der Waals surface area contributed by atoms with Gasteiger partial charge < -0.3 is 14.6 Å². The number of rotatable bonds is 7. The van der Waals surface area contributed by atoms with Crippen molar-refractivity contribution in [1.82, 2.24) is 9.88 Å². The lowest BCUT2D eigenvalue weighted by Gasteiger charge is -2.36. The molecule has 1 aromatic heterocycles. The molecule has 3 rings (SSSR count). The topological polar surface area (TPSA) is 79.5 Å². The molecule has 1 atom stereocenters. The second-order valence-electron chi connectivity index (χ2n) is 8.34. The zero-order valence-corrected chi connectivity index (χ0v) is 18.9. The number of nitrogens with one attached hydrogen (secondary N) is 1. The number of Topliss-reactive ketones (excluding diaryl/α,β-unsaturated/α-hetero) is 1. The van der Waals surface area contributed by atoms with Crippen molar-refractivity contribution >= 4 is 17.7 Å². The lowest BCUT2D eigenvalue weighted by Crippen LogP contribution is -2.40. The van der Waals surface area contributed by atoms with Gasteiger partial charge in [-0.25, -0.2) is 0 Å². The summed E-state index contributed by atoms with van der Waals surface area (Å²) < 4.78 is 5.21. The lowest BCUT2D eigenvalue weighted by atomic mass is 9.78. The molecule has 166 valence electrons. The Morgan fingerprint density at radius 3 is 2.32 bits per heavy atom. The molecule has 1 N–H and O–H groups in total. The van der Waals surface area contributed by atoms with Crippen LogP contribution in [0.5, 0.6) is 0 Å². The molecule has 0 bridgehead atoms. The zero-order valence-electron chi connectivity index (χ0n) is 18.9. The minimum atomic E-state index is -0.177. The molecule has 0 unspecified atom stereocenters. The molecule has 2 heterocycles. The smallest absolute Gasteiger partial charge is 0.306 e. The van der Waals surface area contributed by atoms with Crippen molar-refractivity contribution in [3.63, 3.8) is 0 Å². The quantitative estimate of drug-likeness (QED) is 0.527. The van der Waals surface area contributed by atoms with Crippen LogP contribution in [0.25, 0.3) is 0 Å². The van der Waals surface area contributed by atoms with Gasteiger partial charge in [-0.3, -0.25) is 14.4 Å². The summed E-state index contributed by atoms with van der Waals surface area (Å²) in [5.74, 6) is 0.109. The number of hydrogen-bond acceptors (Lipinski definition) is 4. The third kappa shape index (κ3) is 5.06. The van der Waals surface area contributed by atoms with Gasteiger partial charge in [-0.2, -0.15) is 0 Å². The third-order valence-corrected chi connectivity index (χ3v) is 6.32. The van der Waals surface area contributed by atoms with Crippen LogP contribution in [0.4, 0.5) is 0 Å². The maximum absolute atomic E-state index is 13.1. The molecular formula is C25H32N2O4. The monoisotopic (exact) mass is 424 g/mol. The highest BCUT2D eigenvalue weighted by Crippen LogP contribution is 2.36. The standard InChI is InChI=1S/C25H32N2O4/c1-5-31-22(29)15-21(19-9-7-6-8-10-19)20-11-13-27(14-12-20)25(30)24-16(2)23(18(4)28)17(3)26-24/h6-10,20-21,26H,5,11-15H2,1-4H3/t21-/m0/s1. The van der Waals surface area contributed by atoms with Crippen LogP contribution in [-0.4, -0.2) is 47.2 Å². The Morgan fingerprint density at radius 2 is 1.77 bits per heavy atom. The first-order valence-electron chi connectivity index (χ1n) is 11.0. The molecule has 1 saturated heterocycles. The van der Waals surface area contributed by atoms with Crippen LogP contribution in [-0.2, 0) is 9.53 Å². The molecule has 0 aliphatic carbocycles. The van der Waals surface area contributed by atoms with E-state index in [1.807, 2.05) is 43.9 Å². The number of likely N-dealkylation sites (tertiary alicyclic amines) is 1. The molecule has 6 nitrogen and oxygen atoms in total. The van der Waals surface area contributed by atoms with Crippen LogP contribution < -0.4 is 0 Å². The maximum Gasteiger partial charge on any atom is 0.306 e. The Labute approximate surface area is 184 Å². The normalized spacial score (nSPS) is 15.5. The number of carbonyl (C=O) groups is 3.